The van der Waals surface area contributed by atoms with Crippen molar-refractivity contribution < 1.29 is 4.42 Å². The Labute approximate surface area is 162 Å². The van der Waals surface area contributed by atoms with Gasteiger partial charge in [-0.05, 0) is 40.2 Å². The molecule has 132 valence electrons. The number of halogens is 1. The average molecular weight is 421 g/mol. The third-order valence-electron chi connectivity index (χ3n) is 3.98. The van der Waals surface area contributed by atoms with Crippen LogP contribution in [0.2, 0.25) is 0 Å². The maximum Gasteiger partial charge on any atom is 0.295 e. The van der Waals surface area contributed by atoms with E-state index in [-0.39, 0.29) is 10.5 Å². The summed E-state index contributed by atoms with van der Waals surface area (Å²) < 4.78 is 5.80. The van der Waals surface area contributed by atoms with Gasteiger partial charge in [0.1, 0.15) is 4.47 Å². The van der Waals surface area contributed by atoms with Crippen molar-refractivity contribution in [3.8, 4) is 33.8 Å². The van der Waals surface area contributed by atoms with E-state index in [1.807, 2.05) is 54.6 Å². The Kier molecular flexibility index (Phi) is 4.52. The first-order valence-corrected chi connectivity index (χ1v) is 8.87. The number of rotatable bonds is 3. The van der Waals surface area contributed by atoms with Gasteiger partial charge in [-0.1, -0.05) is 30.3 Å². The van der Waals surface area contributed by atoms with Crippen molar-refractivity contribution in [1.82, 2.24) is 15.0 Å². The molecule has 6 nitrogen and oxygen atoms in total. The molecule has 7 heteroatoms. The number of aromatic nitrogens is 3. The lowest BCUT2D eigenvalue weighted by molar-refractivity contribution is 0.560. The highest BCUT2D eigenvalue weighted by Gasteiger charge is 2.20. The van der Waals surface area contributed by atoms with Crippen molar-refractivity contribution in [2.75, 3.05) is 5.73 Å². The zero-order valence-corrected chi connectivity index (χ0v) is 15.6. The molecule has 0 fully saturated rings. The van der Waals surface area contributed by atoms with Crippen molar-refractivity contribution >= 4 is 21.9 Å². The molecule has 3 heterocycles. The van der Waals surface area contributed by atoms with Crippen LogP contribution >= 0.6 is 15.9 Å². The predicted molar refractivity (Wildman–Crippen MR) is 107 cm³/mol. The van der Waals surface area contributed by atoms with Gasteiger partial charge in [-0.2, -0.15) is 4.98 Å². The van der Waals surface area contributed by atoms with E-state index in [0.717, 1.165) is 22.5 Å². The minimum Gasteiger partial charge on any atom is -0.424 e. The van der Waals surface area contributed by atoms with Gasteiger partial charge in [0.15, 0.2) is 5.76 Å². The molecular weight excluding hydrogens is 408 g/mol. The lowest BCUT2D eigenvalue weighted by Gasteiger charge is -2.14. The fraction of sp³-hybridized carbons (Fsp3) is 0. The van der Waals surface area contributed by atoms with Gasteiger partial charge in [-0.25, -0.2) is 0 Å². The summed E-state index contributed by atoms with van der Waals surface area (Å²) in [4.78, 5) is 24.7. The van der Waals surface area contributed by atoms with E-state index in [0.29, 0.717) is 11.3 Å². The van der Waals surface area contributed by atoms with Crippen LogP contribution in [0.4, 0.5) is 6.01 Å². The van der Waals surface area contributed by atoms with E-state index in [9.17, 15) is 4.79 Å². The van der Waals surface area contributed by atoms with Crippen molar-refractivity contribution in [2.24, 2.45) is 0 Å². The van der Waals surface area contributed by atoms with Crippen LogP contribution in [0.5, 0.6) is 0 Å². The minimum absolute atomic E-state index is 0.201. The van der Waals surface area contributed by atoms with Gasteiger partial charge in [0.05, 0.1) is 11.4 Å². The molecule has 4 aromatic rings. The number of nitrogens with zero attached hydrogens (tertiary/aromatic N) is 3. The Bertz CT molecular complexity index is 1160. The van der Waals surface area contributed by atoms with Gasteiger partial charge in [0.25, 0.3) is 11.6 Å². The Morgan fingerprint density at radius 1 is 0.852 bits per heavy atom. The van der Waals surface area contributed by atoms with Crippen LogP contribution in [0.3, 0.4) is 0 Å². The summed E-state index contributed by atoms with van der Waals surface area (Å²) >= 11 is 3.28. The molecular formula is C20H13BrN4O2. The summed E-state index contributed by atoms with van der Waals surface area (Å²) in [6, 6.07) is 16.8. The zero-order chi connectivity index (χ0) is 18.8. The summed E-state index contributed by atoms with van der Waals surface area (Å²) in [5.74, 6) is 0.297. The van der Waals surface area contributed by atoms with Crippen molar-refractivity contribution in [3.63, 3.8) is 0 Å². The first kappa shape index (κ1) is 17.1. The van der Waals surface area contributed by atoms with Crippen molar-refractivity contribution in [1.29, 1.82) is 0 Å². The van der Waals surface area contributed by atoms with E-state index >= 15 is 0 Å². The van der Waals surface area contributed by atoms with Gasteiger partial charge in [0, 0.05) is 29.1 Å². The Hall–Kier alpha value is -3.32. The molecule has 0 aliphatic rings. The van der Waals surface area contributed by atoms with Gasteiger partial charge >= 0.3 is 0 Å². The molecule has 0 unspecified atom stereocenters. The first-order valence-electron chi connectivity index (χ1n) is 8.07. The maximum absolute atomic E-state index is 12.1. The van der Waals surface area contributed by atoms with Crippen LogP contribution in [-0.4, -0.2) is 15.0 Å². The molecule has 0 saturated carbocycles. The summed E-state index contributed by atoms with van der Waals surface area (Å²) in [5.41, 5.74) is 8.98. The fourth-order valence-electron chi connectivity index (χ4n) is 2.86. The number of nitrogens with two attached hydrogens (primary N) is 1. The number of hydrogen-bond acceptors (Lipinski definition) is 6. The lowest BCUT2D eigenvalue weighted by Crippen LogP contribution is -2.11. The summed E-state index contributed by atoms with van der Waals surface area (Å²) in [7, 11) is 0. The SMILES string of the molecule is Nc1nc(=O)c(Br)c(-c2cccc(-c3ccccn3)c2-c2ccccn2)o1. The number of hydrogen-bond donors (Lipinski definition) is 1. The molecule has 0 spiro atoms. The number of nitrogen functional groups attached to an aromatic ring is 1. The van der Waals surface area contributed by atoms with Gasteiger partial charge in [-0.3, -0.25) is 14.8 Å². The monoisotopic (exact) mass is 420 g/mol. The van der Waals surface area contributed by atoms with Crippen LogP contribution in [0, 0.1) is 0 Å². The van der Waals surface area contributed by atoms with Gasteiger partial charge in [-0.15, -0.1) is 0 Å². The molecule has 0 amide bonds. The van der Waals surface area contributed by atoms with Gasteiger partial charge in [0.2, 0.25) is 0 Å². The zero-order valence-electron chi connectivity index (χ0n) is 14.0. The molecule has 2 N–H and O–H groups in total. The molecule has 4 rings (SSSR count). The second kappa shape index (κ2) is 7.13. The van der Waals surface area contributed by atoms with E-state index in [1.165, 1.54) is 0 Å². The van der Waals surface area contributed by atoms with E-state index in [2.05, 4.69) is 30.9 Å². The molecule has 27 heavy (non-hydrogen) atoms. The molecule has 0 saturated heterocycles. The highest BCUT2D eigenvalue weighted by molar-refractivity contribution is 9.10. The lowest BCUT2D eigenvalue weighted by atomic mass is 9.94. The number of benzene rings is 1. The quantitative estimate of drug-likeness (QED) is 0.534. The summed E-state index contributed by atoms with van der Waals surface area (Å²) in [5, 5.41) is 0. The standard InChI is InChI=1S/C20H13BrN4O2/c21-17-18(27-20(22)25-19(17)26)13-7-5-6-12(14-8-1-3-10-23-14)16(13)15-9-2-4-11-24-15/h1-11H,(H2,22,25,26). The normalized spacial score (nSPS) is 10.7. The van der Waals surface area contributed by atoms with Gasteiger partial charge < -0.3 is 10.2 Å². The second-order valence-corrected chi connectivity index (χ2v) is 6.45. The van der Waals surface area contributed by atoms with Crippen LogP contribution in [0.15, 0.2) is 80.7 Å². The molecule has 0 radical (unpaired) electrons. The Morgan fingerprint density at radius 2 is 1.52 bits per heavy atom. The van der Waals surface area contributed by atoms with Crippen LogP contribution in [0.1, 0.15) is 0 Å². The molecule has 0 aliphatic carbocycles. The Balaban J connectivity index is 2.09. The van der Waals surface area contributed by atoms with Crippen LogP contribution < -0.4 is 11.3 Å². The number of anilines is 1. The Morgan fingerprint density at radius 3 is 2.19 bits per heavy atom. The average Bonchev–Trinajstić information content (AvgIpc) is 2.71. The topological polar surface area (TPSA) is 94.9 Å². The highest BCUT2D eigenvalue weighted by Crippen LogP contribution is 2.40. The van der Waals surface area contributed by atoms with E-state index in [4.69, 9.17) is 10.2 Å². The van der Waals surface area contributed by atoms with Crippen molar-refractivity contribution in [2.45, 2.75) is 0 Å². The van der Waals surface area contributed by atoms with Crippen molar-refractivity contribution in [3.05, 3.63) is 81.8 Å². The molecule has 3 aromatic heterocycles. The minimum atomic E-state index is -0.496. The smallest absolute Gasteiger partial charge is 0.295 e. The predicted octanol–water partition coefficient (Wildman–Crippen LogP) is 4.17. The fourth-order valence-corrected chi connectivity index (χ4v) is 3.24. The molecule has 0 bridgehead atoms. The van der Waals surface area contributed by atoms with Crippen LogP contribution in [-0.2, 0) is 0 Å². The summed E-state index contributed by atoms with van der Waals surface area (Å²) in [6.45, 7) is 0. The molecule has 0 aliphatic heterocycles. The highest BCUT2D eigenvalue weighted by atomic mass is 79.9. The van der Waals surface area contributed by atoms with Crippen LogP contribution in [0.25, 0.3) is 33.8 Å². The summed E-state index contributed by atoms with van der Waals surface area (Å²) in [6.07, 6.45) is 3.44. The second-order valence-electron chi connectivity index (χ2n) is 5.66. The molecule has 0 atom stereocenters. The third kappa shape index (κ3) is 3.24. The van der Waals surface area contributed by atoms with E-state index in [1.54, 1.807) is 12.4 Å². The molecule has 1 aromatic carbocycles. The largest absolute Gasteiger partial charge is 0.424 e. The number of pyridine rings is 2. The third-order valence-corrected chi connectivity index (χ3v) is 4.68. The first-order chi connectivity index (χ1) is 13.1. The maximum atomic E-state index is 12.1. The van der Waals surface area contributed by atoms with E-state index < -0.39 is 5.56 Å².